The standard InChI is InChI=1S/C39H30N2OSi/c1-40(2)41-31-19-7-3-15-27(31)39(28-16-4-8-20-32(28)41)29-17-5-11-23-35(29)43(36-24-12-6-18-30(36)39)37-25-13-9-21-33(37)42-34-22-10-14-26-38(34)43/h3-26H,1-2H3. The number of hydrogen-bond acceptors (Lipinski definition) is 3. The number of rotatable bonds is 1. The van der Waals surface area contributed by atoms with E-state index in [1.165, 1.54) is 54.4 Å². The molecule has 43 heavy (non-hydrogen) atoms. The maximum Gasteiger partial charge on any atom is 0.188 e. The minimum atomic E-state index is -2.79. The third-order valence-electron chi connectivity index (χ3n) is 9.74. The second-order valence-corrected chi connectivity index (χ2v) is 15.5. The fourth-order valence-corrected chi connectivity index (χ4v) is 13.9. The molecule has 0 aliphatic carbocycles. The van der Waals surface area contributed by atoms with Crippen LogP contribution in [0.1, 0.15) is 22.3 Å². The predicted molar refractivity (Wildman–Crippen MR) is 178 cm³/mol. The van der Waals surface area contributed by atoms with Gasteiger partial charge in [-0.1, -0.05) is 121 Å². The topological polar surface area (TPSA) is 15.7 Å². The quantitative estimate of drug-likeness (QED) is 0.232. The van der Waals surface area contributed by atoms with Crippen molar-refractivity contribution in [2.75, 3.05) is 19.1 Å². The van der Waals surface area contributed by atoms with Crippen molar-refractivity contribution in [2.24, 2.45) is 0 Å². The first-order valence-electron chi connectivity index (χ1n) is 14.9. The van der Waals surface area contributed by atoms with E-state index in [-0.39, 0.29) is 0 Å². The first-order chi connectivity index (χ1) is 21.2. The Kier molecular flexibility index (Phi) is 5.05. The van der Waals surface area contributed by atoms with E-state index in [4.69, 9.17) is 4.74 Å². The molecule has 0 amide bonds. The summed E-state index contributed by atoms with van der Waals surface area (Å²) in [6, 6.07) is 54.1. The molecule has 0 bridgehead atoms. The Labute approximate surface area is 253 Å². The van der Waals surface area contributed by atoms with Crippen molar-refractivity contribution in [3.05, 3.63) is 168 Å². The van der Waals surface area contributed by atoms with Gasteiger partial charge >= 0.3 is 0 Å². The molecule has 6 aromatic carbocycles. The van der Waals surface area contributed by atoms with Gasteiger partial charge in [-0.15, -0.1) is 0 Å². The van der Waals surface area contributed by atoms with Gasteiger partial charge in [0, 0.05) is 14.1 Å². The largest absolute Gasteiger partial charge is 0.458 e. The zero-order valence-electron chi connectivity index (χ0n) is 24.2. The first kappa shape index (κ1) is 24.7. The van der Waals surface area contributed by atoms with Gasteiger partial charge in [-0.25, -0.2) is 5.01 Å². The van der Waals surface area contributed by atoms with Crippen molar-refractivity contribution in [1.29, 1.82) is 0 Å². The van der Waals surface area contributed by atoms with Crippen LogP contribution in [0.3, 0.4) is 0 Å². The minimum absolute atomic E-state index is 0.493. The molecule has 3 aliphatic heterocycles. The van der Waals surface area contributed by atoms with E-state index in [1.54, 1.807) is 0 Å². The number of hydrazine groups is 1. The third-order valence-corrected chi connectivity index (χ3v) is 14.7. The molecule has 0 radical (unpaired) electrons. The van der Waals surface area contributed by atoms with Crippen LogP contribution in [0.4, 0.5) is 11.4 Å². The number of fused-ring (bicyclic) bond motifs is 14. The molecule has 4 heteroatoms. The van der Waals surface area contributed by atoms with Crippen molar-refractivity contribution >= 4 is 40.2 Å². The van der Waals surface area contributed by atoms with Crippen molar-refractivity contribution in [2.45, 2.75) is 5.41 Å². The van der Waals surface area contributed by atoms with E-state index in [0.29, 0.717) is 0 Å². The third kappa shape index (κ3) is 2.92. The van der Waals surface area contributed by atoms with Gasteiger partial charge < -0.3 is 4.74 Å². The zero-order chi connectivity index (χ0) is 28.8. The predicted octanol–water partition coefficient (Wildman–Crippen LogP) is 5.79. The lowest BCUT2D eigenvalue weighted by molar-refractivity contribution is 0.409. The number of hydrogen-bond donors (Lipinski definition) is 0. The molecule has 0 saturated heterocycles. The molecule has 3 nitrogen and oxygen atoms in total. The van der Waals surface area contributed by atoms with Gasteiger partial charge in [0.25, 0.3) is 0 Å². The van der Waals surface area contributed by atoms with Crippen LogP contribution in [-0.4, -0.2) is 27.2 Å². The molecular weight excluding hydrogens is 541 g/mol. The molecule has 0 atom stereocenters. The first-order valence-corrected chi connectivity index (χ1v) is 16.9. The van der Waals surface area contributed by atoms with Gasteiger partial charge in [0.1, 0.15) is 11.5 Å². The van der Waals surface area contributed by atoms with Crippen molar-refractivity contribution in [3.8, 4) is 11.5 Å². The van der Waals surface area contributed by atoms with E-state index in [2.05, 4.69) is 170 Å². The van der Waals surface area contributed by atoms with Gasteiger partial charge in [-0.2, -0.15) is 0 Å². The highest BCUT2D eigenvalue weighted by molar-refractivity contribution is 7.21. The van der Waals surface area contributed by atoms with Crippen molar-refractivity contribution in [1.82, 2.24) is 5.01 Å². The van der Waals surface area contributed by atoms with Crippen LogP contribution < -0.4 is 30.5 Å². The monoisotopic (exact) mass is 570 g/mol. The maximum absolute atomic E-state index is 6.65. The molecule has 0 aromatic heterocycles. The molecule has 0 unspecified atom stereocenters. The second-order valence-electron chi connectivity index (χ2n) is 11.9. The summed E-state index contributed by atoms with van der Waals surface area (Å²) in [5.74, 6) is 1.94. The molecule has 0 saturated carbocycles. The summed E-state index contributed by atoms with van der Waals surface area (Å²) in [6.45, 7) is 0. The van der Waals surface area contributed by atoms with Gasteiger partial charge in [0.15, 0.2) is 8.07 Å². The lowest BCUT2D eigenvalue weighted by atomic mass is 9.62. The molecular formula is C39H30N2OSi. The minimum Gasteiger partial charge on any atom is -0.458 e. The Morgan fingerprint density at radius 3 is 1.30 bits per heavy atom. The average molecular weight is 571 g/mol. The number of nitrogens with zero attached hydrogens (tertiary/aromatic N) is 2. The highest BCUT2D eigenvalue weighted by Crippen LogP contribution is 2.57. The molecule has 3 aliphatic rings. The fourth-order valence-electron chi connectivity index (χ4n) is 8.38. The number of benzene rings is 6. The second kappa shape index (κ2) is 8.80. The molecule has 2 spiro atoms. The highest BCUT2D eigenvalue weighted by atomic mass is 28.3. The molecule has 6 aromatic rings. The lowest BCUT2D eigenvalue weighted by Crippen LogP contribution is -2.80. The van der Waals surface area contributed by atoms with E-state index < -0.39 is 13.5 Å². The van der Waals surface area contributed by atoms with E-state index >= 15 is 0 Å². The van der Waals surface area contributed by atoms with Crippen LogP contribution in [0, 0.1) is 0 Å². The Morgan fingerprint density at radius 2 is 0.837 bits per heavy atom. The highest BCUT2D eigenvalue weighted by Gasteiger charge is 2.59. The van der Waals surface area contributed by atoms with Gasteiger partial charge in [0.2, 0.25) is 0 Å². The summed E-state index contributed by atoms with van der Waals surface area (Å²) < 4.78 is 6.65. The normalized spacial score (nSPS) is 15.9. The van der Waals surface area contributed by atoms with Crippen LogP contribution in [0.15, 0.2) is 146 Å². The van der Waals surface area contributed by atoms with Crippen LogP contribution in [0.2, 0.25) is 0 Å². The van der Waals surface area contributed by atoms with E-state index in [1.807, 2.05) is 0 Å². The summed E-state index contributed by atoms with van der Waals surface area (Å²) in [5.41, 5.74) is 7.27. The SMILES string of the molecule is CN(C)N1c2ccccc2C2(c3ccccc31)c1ccccc1[Si]1(c3ccccc3Oc3ccccc31)c1ccccc12. The number of ether oxygens (including phenoxy) is 1. The van der Waals surface area contributed by atoms with Crippen molar-refractivity contribution < 1.29 is 4.74 Å². The van der Waals surface area contributed by atoms with Gasteiger partial charge in [-0.05, 0) is 67.3 Å². The molecule has 0 fully saturated rings. The van der Waals surface area contributed by atoms with Gasteiger partial charge in [-0.3, -0.25) is 5.01 Å². The lowest BCUT2D eigenvalue weighted by Gasteiger charge is -2.54. The smallest absolute Gasteiger partial charge is 0.188 e. The Morgan fingerprint density at radius 1 is 0.465 bits per heavy atom. The van der Waals surface area contributed by atoms with Crippen LogP contribution >= 0.6 is 0 Å². The molecule has 0 N–H and O–H groups in total. The summed E-state index contributed by atoms with van der Waals surface area (Å²) >= 11 is 0. The van der Waals surface area contributed by atoms with Crippen LogP contribution in [0.5, 0.6) is 11.5 Å². The molecule has 9 rings (SSSR count). The fraction of sp³-hybridized carbons (Fsp3) is 0.0769. The van der Waals surface area contributed by atoms with Crippen LogP contribution in [-0.2, 0) is 5.41 Å². The zero-order valence-corrected chi connectivity index (χ0v) is 25.2. The van der Waals surface area contributed by atoms with E-state index in [9.17, 15) is 0 Å². The summed E-state index contributed by atoms with van der Waals surface area (Å²) in [6.07, 6.45) is 0. The summed E-state index contributed by atoms with van der Waals surface area (Å²) in [7, 11) is 1.47. The number of para-hydroxylation sites is 4. The average Bonchev–Trinajstić information content (AvgIpc) is 3.06. The maximum atomic E-state index is 6.65. The Hall–Kier alpha value is -4.90. The molecule has 206 valence electrons. The van der Waals surface area contributed by atoms with Crippen LogP contribution in [0.25, 0.3) is 0 Å². The van der Waals surface area contributed by atoms with Gasteiger partial charge in [0.05, 0.1) is 16.8 Å². The molecule has 3 heterocycles. The summed E-state index contributed by atoms with van der Waals surface area (Å²) in [4.78, 5) is 0. The Balaban J connectivity index is 1.52. The van der Waals surface area contributed by atoms with Crippen molar-refractivity contribution in [3.63, 3.8) is 0 Å². The van der Waals surface area contributed by atoms with E-state index in [0.717, 1.165) is 11.5 Å². The Bertz CT molecular complexity index is 1940. The number of anilines is 2. The summed E-state index contributed by atoms with van der Waals surface area (Å²) in [5, 5.41) is 10.1.